The van der Waals surface area contributed by atoms with Gasteiger partial charge in [-0.2, -0.15) is 0 Å². The molecule has 0 amide bonds. The van der Waals surface area contributed by atoms with E-state index in [1.807, 2.05) is 49.4 Å². The first-order chi connectivity index (χ1) is 13.5. The Hall–Kier alpha value is -2.07. The number of hydrogen-bond donors (Lipinski definition) is 1. The molecule has 3 aromatic carbocycles. The summed E-state index contributed by atoms with van der Waals surface area (Å²) in [5, 5.41) is 5.24. The van der Waals surface area contributed by atoms with Gasteiger partial charge in [0.15, 0.2) is 11.5 Å². The van der Waals surface area contributed by atoms with Crippen molar-refractivity contribution in [2.24, 2.45) is 0 Å². The fraction of sp³-hybridized carbons (Fsp3) is 0.182. The fourth-order valence-corrected chi connectivity index (χ4v) is 3.24. The summed E-state index contributed by atoms with van der Waals surface area (Å²) >= 11 is 18.3. The smallest absolute Gasteiger partial charge is 0.161 e. The zero-order valence-electron chi connectivity index (χ0n) is 15.3. The van der Waals surface area contributed by atoms with Gasteiger partial charge < -0.3 is 14.8 Å². The molecule has 0 unspecified atom stereocenters. The lowest BCUT2D eigenvalue weighted by atomic mass is 10.2. The summed E-state index contributed by atoms with van der Waals surface area (Å²) in [6.45, 7) is 3.48. The molecule has 3 aromatic rings. The average Bonchev–Trinajstić information content (AvgIpc) is 2.68. The molecule has 3 rings (SSSR count). The summed E-state index contributed by atoms with van der Waals surface area (Å²) in [5.41, 5.74) is 2.82. The van der Waals surface area contributed by atoms with E-state index in [2.05, 4.69) is 5.32 Å². The Kier molecular flexibility index (Phi) is 7.32. The van der Waals surface area contributed by atoms with Crippen LogP contribution in [0.25, 0.3) is 0 Å². The van der Waals surface area contributed by atoms with E-state index in [0.29, 0.717) is 46.3 Å². The number of nitrogens with one attached hydrogen (secondary N) is 1. The highest BCUT2D eigenvalue weighted by atomic mass is 35.5. The van der Waals surface area contributed by atoms with Gasteiger partial charge in [-0.15, -0.1) is 0 Å². The minimum Gasteiger partial charge on any atom is -0.490 e. The van der Waals surface area contributed by atoms with Crippen molar-refractivity contribution in [1.29, 1.82) is 0 Å². The maximum absolute atomic E-state index is 6.20. The third kappa shape index (κ3) is 5.71. The summed E-state index contributed by atoms with van der Waals surface area (Å²) < 4.78 is 11.7. The molecule has 0 heterocycles. The van der Waals surface area contributed by atoms with E-state index in [1.54, 1.807) is 18.2 Å². The largest absolute Gasteiger partial charge is 0.490 e. The first-order valence-corrected chi connectivity index (χ1v) is 10.0. The van der Waals surface area contributed by atoms with Crippen LogP contribution in [0.15, 0.2) is 60.7 Å². The highest BCUT2D eigenvalue weighted by Gasteiger charge is 2.08. The van der Waals surface area contributed by atoms with Crippen LogP contribution in [0.2, 0.25) is 15.1 Å². The van der Waals surface area contributed by atoms with E-state index in [-0.39, 0.29) is 0 Å². The van der Waals surface area contributed by atoms with Gasteiger partial charge in [0, 0.05) is 16.6 Å². The molecule has 0 fully saturated rings. The molecule has 0 radical (unpaired) electrons. The average molecular weight is 437 g/mol. The van der Waals surface area contributed by atoms with Crippen molar-refractivity contribution in [3.63, 3.8) is 0 Å². The van der Waals surface area contributed by atoms with Gasteiger partial charge in [-0.05, 0) is 60.5 Å². The third-order valence-corrected chi connectivity index (χ3v) is 4.80. The highest BCUT2D eigenvalue weighted by molar-refractivity contribution is 6.35. The maximum Gasteiger partial charge on any atom is 0.161 e. The van der Waals surface area contributed by atoms with E-state index in [9.17, 15) is 0 Å². The molecule has 0 saturated carbocycles. The Morgan fingerprint density at radius 2 is 1.61 bits per heavy atom. The van der Waals surface area contributed by atoms with Crippen LogP contribution in [-0.4, -0.2) is 6.61 Å². The molecular weight excluding hydrogens is 417 g/mol. The lowest BCUT2D eigenvalue weighted by Crippen LogP contribution is -2.03. The maximum atomic E-state index is 6.20. The Labute approximate surface area is 180 Å². The lowest BCUT2D eigenvalue weighted by molar-refractivity contribution is 0.269. The molecular formula is C22H20Cl3NO2. The standard InChI is InChI=1S/C22H20Cl3NO2/c1-2-27-22-11-15(13-26-20-12-18(24)7-8-19(20)25)6-9-21(22)28-14-16-4-3-5-17(23)10-16/h3-12,26H,2,13-14H2,1H3. The van der Waals surface area contributed by atoms with Gasteiger partial charge in [0.25, 0.3) is 0 Å². The Morgan fingerprint density at radius 3 is 2.39 bits per heavy atom. The van der Waals surface area contributed by atoms with Gasteiger partial charge in [-0.1, -0.05) is 53.0 Å². The Bertz CT molecular complexity index is 947. The molecule has 0 aliphatic carbocycles. The quantitative estimate of drug-likeness (QED) is 0.404. The SMILES string of the molecule is CCOc1cc(CNc2cc(Cl)ccc2Cl)ccc1OCc1cccc(Cl)c1. The van der Waals surface area contributed by atoms with Gasteiger partial charge in [0.05, 0.1) is 17.3 Å². The van der Waals surface area contributed by atoms with Gasteiger partial charge in [0.2, 0.25) is 0 Å². The first kappa shape index (κ1) is 20.7. The van der Waals surface area contributed by atoms with Crippen molar-refractivity contribution in [2.75, 3.05) is 11.9 Å². The Morgan fingerprint density at radius 1 is 0.786 bits per heavy atom. The minimum absolute atomic E-state index is 0.413. The number of anilines is 1. The van der Waals surface area contributed by atoms with Crippen LogP contribution < -0.4 is 14.8 Å². The Balaban J connectivity index is 1.70. The van der Waals surface area contributed by atoms with Gasteiger partial charge in [0.1, 0.15) is 6.61 Å². The molecule has 0 saturated heterocycles. The van der Waals surface area contributed by atoms with Gasteiger partial charge in [-0.25, -0.2) is 0 Å². The van der Waals surface area contributed by atoms with E-state index in [1.165, 1.54) is 0 Å². The van der Waals surface area contributed by atoms with Crippen LogP contribution in [0.3, 0.4) is 0 Å². The van der Waals surface area contributed by atoms with Crippen molar-refractivity contribution in [3.05, 3.63) is 86.9 Å². The van der Waals surface area contributed by atoms with Crippen LogP contribution in [0, 0.1) is 0 Å². The molecule has 0 atom stereocenters. The molecule has 0 aromatic heterocycles. The number of hydrogen-bond acceptors (Lipinski definition) is 3. The minimum atomic E-state index is 0.413. The van der Waals surface area contributed by atoms with E-state index in [4.69, 9.17) is 44.3 Å². The molecule has 0 aliphatic heterocycles. The second kappa shape index (κ2) is 9.92. The van der Waals surface area contributed by atoms with E-state index >= 15 is 0 Å². The van der Waals surface area contributed by atoms with Crippen molar-refractivity contribution in [3.8, 4) is 11.5 Å². The first-order valence-electron chi connectivity index (χ1n) is 8.87. The predicted octanol–water partition coefficient (Wildman–Crippen LogP) is 7.24. The number of halogens is 3. The van der Waals surface area contributed by atoms with Crippen LogP contribution in [0.5, 0.6) is 11.5 Å². The molecule has 6 heteroatoms. The fourth-order valence-electron chi connectivity index (χ4n) is 2.67. The third-order valence-electron chi connectivity index (χ3n) is 4.00. The summed E-state index contributed by atoms with van der Waals surface area (Å²) in [6, 6.07) is 18.8. The summed E-state index contributed by atoms with van der Waals surface area (Å²) in [4.78, 5) is 0. The van der Waals surface area contributed by atoms with E-state index in [0.717, 1.165) is 16.8 Å². The summed E-state index contributed by atoms with van der Waals surface area (Å²) in [7, 11) is 0. The molecule has 28 heavy (non-hydrogen) atoms. The molecule has 1 N–H and O–H groups in total. The van der Waals surface area contributed by atoms with Crippen molar-refractivity contribution in [2.45, 2.75) is 20.1 Å². The van der Waals surface area contributed by atoms with Crippen LogP contribution in [0.1, 0.15) is 18.1 Å². The number of rotatable bonds is 8. The highest BCUT2D eigenvalue weighted by Crippen LogP contribution is 2.31. The monoisotopic (exact) mass is 435 g/mol. The number of benzene rings is 3. The van der Waals surface area contributed by atoms with Crippen molar-refractivity contribution >= 4 is 40.5 Å². The zero-order valence-corrected chi connectivity index (χ0v) is 17.6. The normalized spacial score (nSPS) is 10.6. The molecule has 0 bridgehead atoms. The second-order valence-electron chi connectivity index (χ2n) is 6.11. The van der Waals surface area contributed by atoms with Crippen molar-refractivity contribution < 1.29 is 9.47 Å². The topological polar surface area (TPSA) is 30.5 Å². The zero-order chi connectivity index (χ0) is 19.9. The summed E-state index contributed by atoms with van der Waals surface area (Å²) in [6.07, 6.45) is 0. The van der Waals surface area contributed by atoms with Crippen LogP contribution in [-0.2, 0) is 13.2 Å². The summed E-state index contributed by atoms with van der Waals surface area (Å²) in [5.74, 6) is 1.38. The lowest BCUT2D eigenvalue weighted by Gasteiger charge is -2.15. The van der Waals surface area contributed by atoms with Crippen LogP contribution in [0.4, 0.5) is 5.69 Å². The van der Waals surface area contributed by atoms with E-state index < -0.39 is 0 Å². The molecule has 146 valence electrons. The van der Waals surface area contributed by atoms with Crippen LogP contribution >= 0.6 is 34.8 Å². The van der Waals surface area contributed by atoms with Crippen molar-refractivity contribution in [1.82, 2.24) is 0 Å². The second-order valence-corrected chi connectivity index (χ2v) is 7.39. The predicted molar refractivity (Wildman–Crippen MR) is 117 cm³/mol. The molecule has 0 spiro atoms. The molecule has 3 nitrogen and oxygen atoms in total. The molecule has 0 aliphatic rings. The van der Waals surface area contributed by atoms with Gasteiger partial charge in [-0.3, -0.25) is 0 Å². The number of ether oxygens (including phenoxy) is 2. The van der Waals surface area contributed by atoms with Gasteiger partial charge >= 0.3 is 0 Å².